The summed E-state index contributed by atoms with van der Waals surface area (Å²) in [5, 5.41) is 0. The van der Waals surface area contributed by atoms with Crippen molar-refractivity contribution in [3.63, 3.8) is 0 Å². The van der Waals surface area contributed by atoms with Gasteiger partial charge in [-0.05, 0) is 36.8 Å². The molecule has 1 heterocycles. The van der Waals surface area contributed by atoms with E-state index >= 15 is 0 Å². The number of aromatic nitrogens is 1. The van der Waals surface area contributed by atoms with E-state index in [0.717, 1.165) is 5.56 Å². The van der Waals surface area contributed by atoms with Crippen molar-refractivity contribution in [3.8, 4) is 0 Å². The van der Waals surface area contributed by atoms with E-state index in [9.17, 15) is 9.00 Å². The molecule has 0 aliphatic rings. The van der Waals surface area contributed by atoms with Crippen molar-refractivity contribution in [1.82, 2.24) is 4.98 Å². The number of benzene rings is 1. The molecule has 2 aromatic rings. The van der Waals surface area contributed by atoms with E-state index in [1.807, 2.05) is 13.0 Å². The lowest BCUT2D eigenvalue weighted by Gasteiger charge is -2.04. The lowest BCUT2D eigenvalue weighted by Crippen LogP contribution is -2.04. The van der Waals surface area contributed by atoms with Crippen molar-refractivity contribution in [2.75, 3.05) is 6.26 Å². The second-order valence-electron chi connectivity index (χ2n) is 4.26. The summed E-state index contributed by atoms with van der Waals surface area (Å²) < 4.78 is 16.4. The maximum atomic E-state index is 12.5. The fraction of sp³-hybridized carbons (Fsp3) is 0.143. The van der Waals surface area contributed by atoms with Crippen LogP contribution in [0.1, 0.15) is 15.9 Å². The molecule has 2 rings (SSSR count). The SMILES string of the molecule is Cc1cccc(S(C)(=O)=NC(=O)c2cccnc2)c1. The Kier molecular flexibility index (Phi) is 3.76. The summed E-state index contributed by atoms with van der Waals surface area (Å²) in [6.45, 7) is 1.90. The number of nitrogens with zero attached hydrogens (tertiary/aromatic N) is 2. The summed E-state index contributed by atoms with van der Waals surface area (Å²) in [7, 11) is -2.73. The molecule has 0 radical (unpaired) electrons. The number of hydrogen-bond donors (Lipinski definition) is 0. The predicted molar refractivity (Wildman–Crippen MR) is 74.5 cm³/mol. The number of amides is 1. The van der Waals surface area contributed by atoms with Gasteiger partial charge in [-0.2, -0.15) is 4.36 Å². The summed E-state index contributed by atoms with van der Waals surface area (Å²) in [6, 6.07) is 10.5. The zero-order valence-electron chi connectivity index (χ0n) is 10.7. The van der Waals surface area contributed by atoms with Gasteiger partial charge < -0.3 is 0 Å². The van der Waals surface area contributed by atoms with Gasteiger partial charge in [0.1, 0.15) is 0 Å². The Hall–Kier alpha value is -2.01. The Balaban J connectivity index is 2.42. The largest absolute Gasteiger partial charge is 0.286 e. The van der Waals surface area contributed by atoms with Crippen LogP contribution in [0.2, 0.25) is 0 Å². The fourth-order valence-electron chi connectivity index (χ4n) is 1.60. The molecule has 0 bridgehead atoms. The molecule has 0 aliphatic heterocycles. The molecule has 1 atom stereocenters. The second kappa shape index (κ2) is 5.32. The lowest BCUT2D eigenvalue weighted by atomic mass is 10.2. The zero-order chi connectivity index (χ0) is 13.9. The van der Waals surface area contributed by atoms with Crippen LogP contribution in [0.3, 0.4) is 0 Å². The number of aryl methyl sites for hydroxylation is 1. The van der Waals surface area contributed by atoms with E-state index in [0.29, 0.717) is 10.5 Å². The standard InChI is InChI=1S/C14H14N2O2S/c1-11-5-3-7-13(9-11)19(2,18)16-14(17)12-6-4-8-15-10-12/h3-10H,1-2H3. The first kappa shape index (κ1) is 13.4. The van der Waals surface area contributed by atoms with E-state index in [1.54, 1.807) is 36.5 Å². The number of carbonyl (C=O) groups excluding carboxylic acids is 1. The van der Waals surface area contributed by atoms with Crippen molar-refractivity contribution in [3.05, 3.63) is 59.9 Å². The Bertz CT molecular complexity index is 717. The van der Waals surface area contributed by atoms with Gasteiger partial charge in [0, 0.05) is 23.5 Å². The molecule has 1 aromatic heterocycles. The minimum Gasteiger partial charge on any atom is -0.266 e. The Labute approximate surface area is 112 Å². The van der Waals surface area contributed by atoms with Crippen LogP contribution in [-0.2, 0) is 9.73 Å². The van der Waals surface area contributed by atoms with Crippen molar-refractivity contribution in [1.29, 1.82) is 0 Å². The molecule has 5 heteroatoms. The molecular formula is C14H14N2O2S. The van der Waals surface area contributed by atoms with Crippen LogP contribution in [0.25, 0.3) is 0 Å². The van der Waals surface area contributed by atoms with E-state index in [2.05, 4.69) is 9.35 Å². The monoisotopic (exact) mass is 274 g/mol. The third-order valence-electron chi connectivity index (χ3n) is 2.59. The first-order valence-electron chi connectivity index (χ1n) is 5.72. The molecule has 98 valence electrons. The highest BCUT2D eigenvalue weighted by atomic mass is 32.2. The van der Waals surface area contributed by atoms with Gasteiger partial charge in [-0.1, -0.05) is 12.1 Å². The number of hydrogen-bond acceptors (Lipinski definition) is 3. The second-order valence-corrected chi connectivity index (χ2v) is 6.52. The lowest BCUT2D eigenvalue weighted by molar-refractivity contribution is 0.100. The molecule has 0 saturated heterocycles. The summed E-state index contributed by atoms with van der Waals surface area (Å²) in [6.07, 6.45) is 4.45. The molecule has 0 N–H and O–H groups in total. The average Bonchev–Trinajstić information content (AvgIpc) is 2.39. The fourth-order valence-corrected chi connectivity index (χ4v) is 2.87. The Morgan fingerprint density at radius 2 is 2.05 bits per heavy atom. The molecule has 0 spiro atoms. The van der Waals surface area contributed by atoms with E-state index in [-0.39, 0.29) is 0 Å². The van der Waals surface area contributed by atoms with Gasteiger partial charge in [0.05, 0.1) is 15.3 Å². The van der Waals surface area contributed by atoms with Crippen LogP contribution < -0.4 is 0 Å². The highest BCUT2D eigenvalue weighted by Crippen LogP contribution is 2.14. The Morgan fingerprint density at radius 3 is 2.68 bits per heavy atom. The van der Waals surface area contributed by atoms with Crippen LogP contribution in [0.15, 0.2) is 58.1 Å². The summed E-state index contributed by atoms with van der Waals surface area (Å²) in [4.78, 5) is 16.3. The summed E-state index contributed by atoms with van der Waals surface area (Å²) in [5.74, 6) is -0.512. The minimum absolute atomic E-state index is 0.338. The number of pyridine rings is 1. The molecule has 19 heavy (non-hydrogen) atoms. The summed E-state index contributed by atoms with van der Waals surface area (Å²) >= 11 is 0. The van der Waals surface area contributed by atoms with Crippen LogP contribution in [-0.4, -0.2) is 21.4 Å². The first-order chi connectivity index (χ1) is 8.99. The van der Waals surface area contributed by atoms with E-state index < -0.39 is 15.6 Å². The molecule has 1 aromatic carbocycles. The molecule has 0 fully saturated rings. The van der Waals surface area contributed by atoms with Gasteiger partial charge in [-0.25, -0.2) is 4.21 Å². The van der Waals surface area contributed by atoms with Gasteiger partial charge in [0.25, 0.3) is 5.91 Å². The minimum atomic E-state index is -2.73. The van der Waals surface area contributed by atoms with Crippen LogP contribution >= 0.6 is 0 Å². The molecule has 0 aliphatic carbocycles. The third-order valence-corrected chi connectivity index (χ3v) is 4.24. The quantitative estimate of drug-likeness (QED) is 0.846. The maximum absolute atomic E-state index is 12.5. The average molecular weight is 274 g/mol. The van der Waals surface area contributed by atoms with Gasteiger partial charge >= 0.3 is 0 Å². The number of carbonyl (C=O) groups is 1. The normalized spacial score (nSPS) is 13.6. The molecule has 1 amide bonds. The molecule has 4 nitrogen and oxygen atoms in total. The van der Waals surface area contributed by atoms with Gasteiger partial charge in [0.2, 0.25) is 0 Å². The van der Waals surface area contributed by atoms with Crippen LogP contribution in [0, 0.1) is 6.92 Å². The maximum Gasteiger partial charge on any atom is 0.286 e. The zero-order valence-corrected chi connectivity index (χ0v) is 11.6. The van der Waals surface area contributed by atoms with Gasteiger partial charge in [0.15, 0.2) is 0 Å². The Morgan fingerprint density at radius 1 is 1.26 bits per heavy atom. The van der Waals surface area contributed by atoms with Gasteiger partial charge in [-0.3, -0.25) is 9.78 Å². The highest BCUT2D eigenvalue weighted by Gasteiger charge is 2.11. The van der Waals surface area contributed by atoms with E-state index in [1.165, 1.54) is 12.5 Å². The smallest absolute Gasteiger partial charge is 0.266 e. The number of rotatable bonds is 2. The topological polar surface area (TPSA) is 59.4 Å². The van der Waals surface area contributed by atoms with E-state index in [4.69, 9.17) is 0 Å². The van der Waals surface area contributed by atoms with Crippen LogP contribution in [0.4, 0.5) is 0 Å². The molecular weight excluding hydrogens is 260 g/mol. The van der Waals surface area contributed by atoms with Crippen molar-refractivity contribution >= 4 is 15.6 Å². The van der Waals surface area contributed by atoms with Crippen molar-refractivity contribution in [2.24, 2.45) is 4.36 Å². The third kappa shape index (κ3) is 3.26. The first-order valence-corrected chi connectivity index (χ1v) is 7.64. The molecule has 1 unspecified atom stereocenters. The highest BCUT2D eigenvalue weighted by molar-refractivity contribution is 7.93. The summed E-state index contributed by atoms with van der Waals surface area (Å²) in [5.41, 5.74) is 1.32. The molecule has 0 saturated carbocycles. The predicted octanol–water partition coefficient (Wildman–Crippen LogP) is 2.69. The van der Waals surface area contributed by atoms with Crippen molar-refractivity contribution in [2.45, 2.75) is 11.8 Å². The van der Waals surface area contributed by atoms with Gasteiger partial charge in [-0.15, -0.1) is 0 Å². The van der Waals surface area contributed by atoms with Crippen LogP contribution in [0.5, 0.6) is 0 Å². The van der Waals surface area contributed by atoms with Crippen molar-refractivity contribution < 1.29 is 9.00 Å².